The Hall–Kier alpha value is -3.91. The lowest BCUT2D eigenvalue weighted by atomic mass is 10.1. The summed E-state index contributed by atoms with van der Waals surface area (Å²) in [6, 6.07) is 20.6. The molecule has 2 aromatic heterocycles. The van der Waals surface area contributed by atoms with Crippen LogP contribution in [0.2, 0.25) is 0 Å². The maximum absolute atomic E-state index is 13.5. The van der Waals surface area contributed by atoms with E-state index >= 15 is 0 Å². The Bertz CT molecular complexity index is 1330. The van der Waals surface area contributed by atoms with E-state index in [4.69, 9.17) is 4.74 Å². The van der Waals surface area contributed by atoms with Gasteiger partial charge in [-0.3, -0.25) is 4.79 Å². The minimum atomic E-state index is 0.121. The first kappa shape index (κ1) is 22.5. The molecule has 2 aromatic carbocycles. The second-order valence-electron chi connectivity index (χ2n) is 9.23. The third-order valence-electron chi connectivity index (χ3n) is 7.08. The van der Waals surface area contributed by atoms with E-state index < -0.39 is 0 Å². The lowest BCUT2D eigenvalue weighted by Crippen LogP contribution is -2.49. The highest BCUT2D eigenvalue weighted by Crippen LogP contribution is 2.34. The predicted octanol–water partition coefficient (Wildman–Crippen LogP) is 3.28. The number of piperazine rings is 1. The molecule has 0 aliphatic carbocycles. The molecule has 4 aromatic rings. The van der Waals surface area contributed by atoms with Crippen molar-refractivity contribution in [2.24, 2.45) is 0 Å². The third kappa shape index (κ3) is 4.40. The first-order valence-corrected chi connectivity index (χ1v) is 12.6. The zero-order valence-electron chi connectivity index (χ0n) is 20.3. The van der Waals surface area contributed by atoms with Gasteiger partial charge in [-0.2, -0.15) is 0 Å². The van der Waals surface area contributed by atoms with Gasteiger partial charge in [0.1, 0.15) is 23.9 Å². The van der Waals surface area contributed by atoms with E-state index in [0.29, 0.717) is 26.3 Å². The number of hydrogen-bond donors (Lipinski definition) is 0. The number of benzene rings is 2. The number of fused-ring (bicyclic) bond motifs is 1. The van der Waals surface area contributed by atoms with Crippen LogP contribution in [0.4, 0.5) is 11.5 Å². The zero-order chi connectivity index (χ0) is 24.3. The number of morpholine rings is 1. The van der Waals surface area contributed by atoms with E-state index in [2.05, 4.69) is 62.4 Å². The van der Waals surface area contributed by atoms with Gasteiger partial charge in [-0.05, 0) is 17.7 Å². The summed E-state index contributed by atoms with van der Waals surface area (Å²) in [5.41, 5.74) is 5.09. The van der Waals surface area contributed by atoms with Gasteiger partial charge in [0, 0.05) is 56.7 Å². The van der Waals surface area contributed by atoms with Gasteiger partial charge in [-0.25, -0.2) is 9.97 Å². The van der Waals surface area contributed by atoms with Crippen molar-refractivity contribution < 1.29 is 9.53 Å². The topological polar surface area (TPSA) is 66.7 Å². The average molecular weight is 483 g/mol. The van der Waals surface area contributed by atoms with Gasteiger partial charge >= 0.3 is 0 Å². The summed E-state index contributed by atoms with van der Waals surface area (Å²) in [6.45, 7) is 6.24. The highest BCUT2D eigenvalue weighted by atomic mass is 16.5. The third-order valence-corrected chi connectivity index (χ3v) is 7.08. The maximum atomic E-state index is 13.5. The van der Waals surface area contributed by atoms with Crippen molar-refractivity contribution in [1.29, 1.82) is 0 Å². The number of hydrogen-bond acceptors (Lipinski definition) is 6. The van der Waals surface area contributed by atoms with E-state index in [0.717, 1.165) is 54.2 Å². The number of carbonyl (C=O) groups excluding carboxylic acids is 1. The number of amides is 1. The van der Waals surface area contributed by atoms with Gasteiger partial charge in [0.05, 0.1) is 13.2 Å². The molecule has 0 spiro atoms. The van der Waals surface area contributed by atoms with Crippen LogP contribution in [0.3, 0.4) is 0 Å². The van der Waals surface area contributed by atoms with Crippen molar-refractivity contribution in [3.05, 3.63) is 73.2 Å². The number of para-hydroxylation sites is 1. The number of ether oxygens (including phenoxy) is 1. The number of rotatable bonds is 5. The number of aromatic nitrogens is 3. The minimum Gasteiger partial charge on any atom is -0.378 e. The molecule has 2 aliphatic heterocycles. The fourth-order valence-electron chi connectivity index (χ4n) is 5.17. The van der Waals surface area contributed by atoms with Crippen LogP contribution in [-0.4, -0.2) is 77.8 Å². The van der Waals surface area contributed by atoms with Crippen LogP contribution in [0, 0.1) is 0 Å². The molecule has 0 bridgehead atoms. The van der Waals surface area contributed by atoms with Crippen molar-refractivity contribution >= 4 is 28.4 Å². The fraction of sp³-hybridized carbons (Fsp3) is 0.321. The van der Waals surface area contributed by atoms with Crippen LogP contribution in [0.5, 0.6) is 0 Å². The Labute approximate surface area is 210 Å². The van der Waals surface area contributed by atoms with Gasteiger partial charge in [0.25, 0.3) is 0 Å². The van der Waals surface area contributed by atoms with Crippen molar-refractivity contribution in [1.82, 2.24) is 19.4 Å². The zero-order valence-corrected chi connectivity index (χ0v) is 20.3. The number of carbonyl (C=O) groups is 1. The first-order chi connectivity index (χ1) is 17.8. The van der Waals surface area contributed by atoms with Crippen LogP contribution in [-0.2, 0) is 16.1 Å². The molecule has 8 heteroatoms. The molecule has 8 nitrogen and oxygen atoms in total. The Morgan fingerprint density at radius 3 is 2.22 bits per heavy atom. The van der Waals surface area contributed by atoms with E-state index in [-0.39, 0.29) is 12.5 Å². The summed E-state index contributed by atoms with van der Waals surface area (Å²) in [5.74, 6) is 0.989. The van der Waals surface area contributed by atoms with Crippen molar-refractivity contribution in [3.8, 4) is 11.1 Å². The molecule has 0 atom stereocenters. The lowest BCUT2D eigenvalue weighted by Gasteiger charge is -2.36. The molecule has 36 heavy (non-hydrogen) atoms. The monoisotopic (exact) mass is 482 g/mol. The van der Waals surface area contributed by atoms with E-state index in [1.54, 1.807) is 6.33 Å². The van der Waals surface area contributed by atoms with Gasteiger partial charge in [0.15, 0.2) is 5.82 Å². The van der Waals surface area contributed by atoms with Crippen LogP contribution < -0.4 is 9.80 Å². The molecular weight excluding hydrogens is 452 g/mol. The molecule has 2 saturated heterocycles. The summed E-state index contributed by atoms with van der Waals surface area (Å²) >= 11 is 0. The second-order valence-corrected chi connectivity index (χ2v) is 9.23. The molecule has 184 valence electrons. The Morgan fingerprint density at radius 1 is 0.806 bits per heavy atom. The van der Waals surface area contributed by atoms with Gasteiger partial charge in [0.2, 0.25) is 5.91 Å². The van der Waals surface area contributed by atoms with E-state index in [1.807, 2.05) is 33.7 Å². The summed E-state index contributed by atoms with van der Waals surface area (Å²) in [7, 11) is 0. The average Bonchev–Trinajstić information content (AvgIpc) is 3.33. The largest absolute Gasteiger partial charge is 0.378 e. The minimum absolute atomic E-state index is 0.121. The normalized spacial score (nSPS) is 16.5. The molecule has 2 fully saturated rings. The van der Waals surface area contributed by atoms with Crippen LogP contribution in [0.25, 0.3) is 22.2 Å². The van der Waals surface area contributed by atoms with Crippen molar-refractivity contribution in [2.75, 3.05) is 62.3 Å². The quantitative estimate of drug-likeness (QED) is 0.435. The highest BCUT2D eigenvalue weighted by Gasteiger charge is 2.25. The summed E-state index contributed by atoms with van der Waals surface area (Å²) in [5, 5.41) is 0. The van der Waals surface area contributed by atoms with Crippen LogP contribution in [0.1, 0.15) is 0 Å². The lowest BCUT2D eigenvalue weighted by molar-refractivity contribution is -0.132. The molecule has 4 heterocycles. The molecule has 0 unspecified atom stereocenters. The van der Waals surface area contributed by atoms with Crippen molar-refractivity contribution in [3.63, 3.8) is 0 Å². The SMILES string of the molecule is O=C(Cn1cc(-c2ccccc2)c2ncnc(N3CCOCC3)c21)N1CCN(c2ccccc2)CC1. The molecule has 6 rings (SSSR count). The Balaban J connectivity index is 1.29. The Morgan fingerprint density at radius 2 is 1.50 bits per heavy atom. The molecule has 2 aliphatic rings. The Kier molecular flexibility index (Phi) is 6.26. The second kappa shape index (κ2) is 9.99. The van der Waals surface area contributed by atoms with Crippen LogP contribution in [0.15, 0.2) is 73.2 Å². The molecule has 0 radical (unpaired) electrons. The van der Waals surface area contributed by atoms with Gasteiger partial charge in [-0.1, -0.05) is 48.5 Å². The molecule has 1 amide bonds. The predicted molar refractivity (Wildman–Crippen MR) is 141 cm³/mol. The molecule has 0 N–H and O–H groups in total. The smallest absolute Gasteiger partial charge is 0.242 e. The standard InChI is InChI=1S/C28H30N6O2/c35-25(32-13-11-31(12-14-32)23-9-5-2-6-10-23)20-34-19-24(22-7-3-1-4-8-22)26-27(34)28(30-21-29-26)33-15-17-36-18-16-33/h1-10,19,21H,11-18,20H2. The number of nitrogens with zero attached hydrogens (tertiary/aromatic N) is 6. The molecular formula is C28H30N6O2. The van der Waals surface area contributed by atoms with Gasteiger partial charge in [-0.15, -0.1) is 0 Å². The first-order valence-electron chi connectivity index (χ1n) is 12.6. The van der Waals surface area contributed by atoms with E-state index in [1.165, 1.54) is 5.69 Å². The van der Waals surface area contributed by atoms with E-state index in [9.17, 15) is 4.79 Å². The highest BCUT2D eigenvalue weighted by molar-refractivity contribution is 5.99. The number of anilines is 2. The summed E-state index contributed by atoms with van der Waals surface area (Å²) in [6.07, 6.45) is 3.70. The van der Waals surface area contributed by atoms with Gasteiger partial charge < -0.3 is 24.0 Å². The molecule has 0 saturated carbocycles. The van der Waals surface area contributed by atoms with Crippen molar-refractivity contribution in [2.45, 2.75) is 6.54 Å². The fourth-order valence-corrected chi connectivity index (χ4v) is 5.17. The maximum Gasteiger partial charge on any atom is 0.242 e. The van der Waals surface area contributed by atoms with Crippen LogP contribution >= 0.6 is 0 Å². The summed E-state index contributed by atoms with van der Waals surface area (Å²) < 4.78 is 7.62. The summed E-state index contributed by atoms with van der Waals surface area (Å²) in [4.78, 5) is 29.4.